The molecule has 1 aromatic rings. The van der Waals surface area contributed by atoms with Gasteiger partial charge in [-0.3, -0.25) is 14.5 Å². The molecule has 1 atom stereocenters. The molecule has 0 bridgehead atoms. The van der Waals surface area contributed by atoms with Crippen molar-refractivity contribution in [2.24, 2.45) is 5.92 Å². The number of amides is 2. The Morgan fingerprint density at radius 1 is 1.04 bits per heavy atom. The van der Waals surface area contributed by atoms with Gasteiger partial charge in [-0.25, -0.2) is 0 Å². The van der Waals surface area contributed by atoms with Gasteiger partial charge in [-0.2, -0.15) is 0 Å². The summed E-state index contributed by atoms with van der Waals surface area (Å²) in [6, 6.07) is 8.35. The number of nitrogens with zero attached hydrogens (tertiary/aromatic N) is 1. The minimum absolute atomic E-state index is 0.00686. The minimum Gasteiger partial charge on any atom is -0.353 e. The Balaban J connectivity index is 1.45. The Kier molecular flexibility index (Phi) is 7.27. The van der Waals surface area contributed by atoms with Gasteiger partial charge in [0.1, 0.15) is 0 Å². The summed E-state index contributed by atoms with van der Waals surface area (Å²) in [4.78, 5) is 27.1. The number of anilines is 1. The average Bonchev–Trinajstić information content (AvgIpc) is 2.69. The monoisotopic (exact) mass is 371 g/mol. The molecule has 5 nitrogen and oxygen atoms in total. The number of benzene rings is 1. The van der Waals surface area contributed by atoms with Crippen molar-refractivity contribution in [2.75, 3.05) is 25.0 Å². The smallest absolute Gasteiger partial charge is 0.238 e. The maximum atomic E-state index is 12.6. The molecule has 5 heteroatoms. The molecule has 1 aliphatic carbocycles. The van der Waals surface area contributed by atoms with Crippen molar-refractivity contribution in [3.8, 4) is 0 Å². The summed E-state index contributed by atoms with van der Waals surface area (Å²) in [5.41, 5.74) is 2.09. The average molecular weight is 372 g/mol. The van der Waals surface area contributed by atoms with Gasteiger partial charge in [-0.05, 0) is 56.3 Å². The number of nitrogens with one attached hydrogen (secondary N) is 2. The lowest BCUT2D eigenvalue weighted by Gasteiger charge is -2.33. The standard InChI is InChI=1S/C22H33N3O2/c1-2-17-10-12-20(13-11-17)23-21(26)16-25-14-6-7-18(15-25)22(27)24-19-8-4-3-5-9-19/h10-13,18-19H,2-9,14-16H2,1H3,(H,23,26)(H,24,27). The molecule has 1 unspecified atom stereocenters. The quantitative estimate of drug-likeness (QED) is 0.806. The number of likely N-dealkylation sites (tertiary alicyclic amines) is 1. The molecule has 2 fully saturated rings. The number of carbonyl (C=O) groups excluding carboxylic acids is 2. The summed E-state index contributed by atoms with van der Waals surface area (Å²) in [5, 5.41) is 6.22. The first kappa shape index (κ1) is 19.9. The van der Waals surface area contributed by atoms with Gasteiger partial charge in [0.05, 0.1) is 12.5 Å². The number of carbonyl (C=O) groups is 2. The molecule has 0 spiro atoms. The van der Waals surface area contributed by atoms with Crippen LogP contribution in [-0.2, 0) is 16.0 Å². The Labute approximate surface area is 162 Å². The summed E-state index contributed by atoms with van der Waals surface area (Å²) in [6.07, 6.45) is 8.85. The van der Waals surface area contributed by atoms with Crippen LogP contribution in [0.25, 0.3) is 0 Å². The normalized spacial score (nSPS) is 21.6. The zero-order valence-corrected chi connectivity index (χ0v) is 16.5. The van der Waals surface area contributed by atoms with Gasteiger partial charge in [-0.1, -0.05) is 38.3 Å². The summed E-state index contributed by atoms with van der Waals surface area (Å²) < 4.78 is 0. The minimum atomic E-state index is -0.00686. The lowest BCUT2D eigenvalue weighted by Crippen LogP contribution is -2.47. The summed E-state index contributed by atoms with van der Waals surface area (Å²) in [5.74, 6) is 0.187. The van der Waals surface area contributed by atoms with Gasteiger partial charge >= 0.3 is 0 Å². The third-order valence-corrected chi connectivity index (χ3v) is 5.84. The van der Waals surface area contributed by atoms with E-state index in [4.69, 9.17) is 0 Å². The first-order valence-electron chi connectivity index (χ1n) is 10.6. The molecule has 0 radical (unpaired) electrons. The van der Waals surface area contributed by atoms with Crippen LogP contribution >= 0.6 is 0 Å². The molecule has 2 aliphatic rings. The maximum Gasteiger partial charge on any atom is 0.238 e. The molecule has 1 aliphatic heterocycles. The Hall–Kier alpha value is -1.88. The fourth-order valence-electron chi connectivity index (χ4n) is 4.21. The Bertz CT molecular complexity index is 623. The fourth-order valence-corrected chi connectivity index (χ4v) is 4.21. The summed E-state index contributed by atoms with van der Waals surface area (Å²) in [6.45, 7) is 4.03. The molecule has 27 heavy (non-hydrogen) atoms. The molecule has 1 heterocycles. The van der Waals surface area contributed by atoms with E-state index < -0.39 is 0 Å². The van der Waals surface area contributed by atoms with E-state index >= 15 is 0 Å². The van der Waals surface area contributed by atoms with Crippen molar-refractivity contribution in [1.29, 1.82) is 0 Å². The molecule has 2 amide bonds. The van der Waals surface area contributed by atoms with Crippen LogP contribution in [0, 0.1) is 5.92 Å². The molecular formula is C22H33N3O2. The maximum absolute atomic E-state index is 12.6. The fraction of sp³-hybridized carbons (Fsp3) is 0.636. The van der Waals surface area contributed by atoms with Gasteiger partial charge in [-0.15, -0.1) is 0 Å². The van der Waals surface area contributed by atoms with E-state index in [9.17, 15) is 9.59 Å². The van der Waals surface area contributed by atoms with Crippen molar-refractivity contribution in [3.63, 3.8) is 0 Å². The van der Waals surface area contributed by atoms with E-state index in [0.717, 1.165) is 44.3 Å². The molecule has 1 aromatic carbocycles. The van der Waals surface area contributed by atoms with Crippen molar-refractivity contribution < 1.29 is 9.59 Å². The van der Waals surface area contributed by atoms with Crippen LogP contribution in [0.3, 0.4) is 0 Å². The first-order chi connectivity index (χ1) is 13.1. The highest BCUT2D eigenvalue weighted by Gasteiger charge is 2.28. The SMILES string of the molecule is CCc1ccc(NC(=O)CN2CCCC(C(=O)NC3CCCCC3)C2)cc1. The second kappa shape index (κ2) is 9.88. The molecule has 2 N–H and O–H groups in total. The van der Waals surface area contributed by atoms with Crippen molar-refractivity contribution in [1.82, 2.24) is 10.2 Å². The van der Waals surface area contributed by atoms with E-state index in [1.165, 1.54) is 24.8 Å². The molecule has 3 rings (SSSR count). The third-order valence-electron chi connectivity index (χ3n) is 5.84. The molecule has 148 valence electrons. The number of rotatable bonds is 6. The van der Waals surface area contributed by atoms with Crippen LogP contribution in [-0.4, -0.2) is 42.4 Å². The number of aryl methyl sites for hydroxylation is 1. The number of piperidine rings is 1. The van der Waals surface area contributed by atoms with Crippen LogP contribution < -0.4 is 10.6 Å². The van der Waals surface area contributed by atoms with E-state index in [2.05, 4.69) is 22.5 Å². The number of hydrogen-bond donors (Lipinski definition) is 2. The van der Waals surface area contributed by atoms with Crippen molar-refractivity contribution in [3.05, 3.63) is 29.8 Å². The summed E-state index contributed by atoms with van der Waals surface area (Å²) in [7, 11) is 0. The van der Waals surface area contributed by atoms with E-state index in [1.54, 1.807) is 0 Å². The zero-order chi connectivity index (χ0) is 19.1. The first-order valence-corrected chi connectivity index (χ1v) is 10.6. The van der Waals surface area contributed by atoms with Gasteiger partial charge in [0, 0.05) is 18.3 Å². The van der Waals surface area contributed by atoms with E-state index in [1.807, 2.05) is 24.3 Å². The van der Waals surface area contributed by atoms with Crippen LogP contribution in [0.2, 0.25) is 0 Å². The highest BCUT2D eigenvalue weighted by atomic mass is 16.2. The van der Waals surface area contributed by atoms with Crippen LogP contribution in [0.4, 0.5) is 5.69 Å². The lowest BCUT2D eigenvalue weighted by atomic mass is 9.93. The predicted molar refractivity (Wildman–Crippen MR) is 109 cm³/mol. The highest BCUT2D eigenvalue weighted by molar-refractivity contribution is 5.92. The van der Waals surface area contributed by atoms with Crippen molar-refractivity contribution in [2.45, 2.75) is 64.3 Å². The van der Waals surface area contributed by atoms with Gasteiger partial charge in [0.2, 0.25) is 11.8 Å². The topological polar surface area (TPSA) is 61.4 Å². The van der Waals surface area contributed by atoms with Gasteiger partial charge in [0.25, 0.3) is 0 Å². The zero-order valence-electron chi connectivity index (χ0n) is 16.5. The highest BCUT2D eigenvalue weighted by Crippen LogP contribution is 2.21. The largest absolute Gasteiger partial charge is 0.353 e. The number of hydrogen-bond acceptors (Lipinski definition) is 3. The van der Waals surface area contributed by atoms with E-state index in [0.29, 0.717) is 19.1 Å². The van der Waals surface area contributed by atoms with Gasteiger partial charge in [0.15, 0.2) is 0 Å². The third kappa shape index (κ3) is 6.06. The van der Waals surface area contributed by atoms with Crippen LogP contribution in [0.15, 0.2) is 24.3 Å². The van der Waals surface area contributed by atoms with Crippen LogP contribution in [0.1, 0.15) is 57.4 Å². The Morgan fingerprint density at radius 3 is 2.48 bits per heavy atom. The Morgan fingerprint density at radius 2 is 1.78 bits per heavy atom. The lowest BCUT2D eigenvalue weighted by molar-refractivity contribution is -0.128. The van der Waals surface area contributed by atoms with Crippen LogP contribution in [0.5, 0.6) is 0 Å². The van der Waals surface area contributed by atoms with E-state index in [-0.39, 0.29) is 17.7 Å². The van der Waals surface area contributed by atoms with Crippen molar-refractivity contribution >= 4 is 17.5 Å². The van der Waals surface area contributed by atoms with Gasteiger partial charge < -0.3 is 10.6 Å². The molecular weight excluding hydrogens is 338 g/mol. The molecule has 1 saturated heterocycles. The molecule has 1 saturated carbocycles. The predicted octanol–water partition coefficient (Wildman–Crippen LogP) is 3.35. The second-order valence-corrected chi connectivity index (χ2v) is 8.02. The second-order valence-electron chi connectivity index (χ2n) is 8.02. The molecule has 0 aromatic heterocycles. The summed E-state index contributed by atoms with van der Waals surface area (Å²) >= 11 is 0.